The molecule has 1 heterocycles. The summed E-state index contributed by atoms with van der Waals surface area (Å²) in [4.78, 5) is 11.7. The maximum Gasteiger partial charge on any atom is 0.411 e. The van der Waals surface area contributed by atoms with Gasteiger partial charge in [0.1, 0.15) is 12.4 Å². The van der Waals surface area contributed by atoms with Gasteiger partial charge in [0.15, 0.2) is 0 Å². The van der Waals surface area contributed by atoms with Gasteiger partial charge in [-0.2, -0.15) is 0 Å². The van der Waals surface area contributed by atoms with E-state index >= 15 is 0 Å². The molecule has 4 nitrogen and oxygen atoms in total. The highest BCUT2D eigenvalue weighted by atomic mass is 16.5. The Bertz CT molecular complexity index is 610. The summed E-state index contributed by atoms with van der Waals surface area (Å²) < 4.78 is 10.6. The normalized spacial score (nSPS) is 12.4. The molecule has 20 heavy (non-hydrogen) atoms. The number of anilines is 1. The van der Waals surface area contributed by atoms with E-state index < -0.39 is 6.09 Å². The number of hydrogen-bond acceptors (Lipinski definition) is 3. The molecule has 2 aromatic rings. The maximum absolute atomic E-state index is 11.7. The number of fused-ring (bicyclic) bond motifs is 1. The molecule has 2 aromatic carbocycles. The average Bonchev–Trinajstić information content (AvgIpc) is 2.94. The van der Waals surface area contributed by atoms with Crippen LogP contribution < -0.4 is 10.1 Å². The largest absolute Gasteiger partial charge is 0.493 e. The molecule has 0 spiro atoms. The van der Waals surface area contributed by atoms with E-state index in [1.807, 2.05) is 48.5 Å². The summed E-state index contributed by atoms with van der Waals surface area (Å²) in [6.07, 6.45) is 0.428. The molecule has 1 N–H and O–H groups in total. The SMILES string of the molecule is O=C(Nc1ccc2c(c1)CCO2)OCc1ccccc1. The van der Waals surface area contributed by atoms with Crippen molar-refractivity contribution in [3.8, 4) is 5.75 Å². The van der Waals surface area contributed by atoms with Crippen LogP contribution in [0.3, 0.4) is 0 Å². The van der Waals surface area contributed by atoms with Crippen molar-refractivity contribution in [1.82, 2.24) is 0 Å². The zero-order valence-electron chi connectivity index (χ0n) is 11.0. The molecule has 0 fully saturated rings. The predicted octanol–water partition coefficient (Wildman–Crippen LogP) is 3.37. The van der Waals surface area contributed by atoms with Gasteiger partial charge in [0, 0.05) is 12.1 Å². The molecular weight excluding hydrogens is 254 g/mol. The summed E-state index contributed by atoms with van der Waals surface area (Å²) in [5, 5.41) is 2.73. The third-order valence-corrected chi connectivity index (χ3v) is 3.15. The quantitative estimate of drug-likeness (QED) is 0.929. The van der Waals surface area contributed by atoms with Gasteiger partial charge in [0.2, 0.25) is 0 Å². The molecule has 3 rings (SSSR count). The summed E-state index contributed by atoms with van der Waals surface area (Å²) >= 11 is 0. The molecule has 0 unspecified atom stereocenters. The van der Waals surface area contributed by atoms with Crippen molar-refractivity contribution in [2.24, 2.45) is 0 Å². The number of benzene rings is 2. The van der Waals surface area contributed by atoms with E-state index in [2.05, 4.69) is 5.32 Å². The highest BCUT2D eigenvalue weighted by Gasteiger charge is 2.13. The second-order valence-corrected chi connectivity index (χ2v) is 4.61. The Morgan fingerprint density at radius 3 is 2.90 bits per heavy atom. The Hall–Kier alpha value is -2.49. The second-order valence-electron chi connectivity index (χ2n) is 4.61. The van der Waals surface area contributed by atoms with E-state index in [9.17, 15) is 4.79 Å². The Kier molecular flexibility index (Phi) is 3.54. The maximum atomic E-state index is 11.7. The summed E-state index contributed by atoms with van der Waals surface area (Å²) in [5.74, 6) is 0.896. The van der Waals surface area contributed by atoms with Crippen LogP contribution in [0.1, 0.15) is 11.1 Å². The third-order valence-electron chi connectivity index (χ3n) is 3.15. The van der Waals surface area contributed by atoms with Crippen LogP contribution in [-0.4, -0.2) is 12.7 Å². The topological polar surface area (TPSA) is 47.6 Å². The van der Waals surface area contributed by atoms with Gasteiger partial charge >= 0.3 is 6.09 Å². The number of amides is 1. The van der Waals surface area contributed by atoms with Crippen LogP contribution in [0.5, 0.6) is 5.75 Å². The number of carbonyl (C=O) groups is 1. The Balaban J connectivity index is 1.56. The van der Waals surface area contributed by atoms with Gasteiger partial charge in [0.05, 0.1) is 6.61 Å². The van der Waals surface area contributed by atoms with E-state index in [-0.39, 0.29) is 6.61 Å². The van der Waals surface area contributed by atoms with Crippen molar-refractivity contribution in [2.75, 3.05) is 11.9 Å². The van der Waals surface area contributed by atoms with Crippen molar-refractivity contribution in [1.29, 1.82) is 0 Å². The van der Waals surface area contributed by atoms with Gasteiger partial charge in [-0.15, -0.1) is 0 Å². The molecule has 0 aromatic heterocycles. The highest BCUT2D eigenvalue weighted by molar-refractivity contribution is 5.84. The molecule has 0 radical (unpaired) electrons. The van der Waals surface area contributed by atoms with Gasteiger partial charge < -0.3 is 9.47 Å². The van der Waals surface area contributed by atoms with Gasteiger partial charge in [-0.25, -0.2) is 4.79 Å². The van der Waals surface area contributed by atoms with Crippen molar-refractivity contribution in [3.63, 3.8) is 0 Å². The number of nitrogens with one attached hydrogen (secondary N) is 1. The zero-order valence-corrected chi connectivity index (χ0v) is 11.0. The first-order chi connectivity index (χ1) is 9.81. The fourth-order valence-electron chi connectivity index (χ4n) is 2.14. The molecule has 1 amide bonds. The molecule has 0 bridgehead atoms. The molecule has 0 saturated carbocycles. The molecule has 102 valence electrons. The Labute approximate surface area is 117 Å². The van der Waals surface area contributed by atoms with Crippen molar-refractivity contribution >= 4 is 11.8 Å². The van der Waals surface area contributed by atoms with Crippen LogP contribution in [0, 0.1) is 0 Å². The van der Waals surface area contributed by atoms with E-state index in [1.165, 1.54) is 0 Å². The molecule has 1 aliphatic rings. The lowest BCUT2D eigenvalue weighted by Gasteiger charge is -2.08. The number of ether oxygens (including phenoxy) is 2. The average molecular weight is 269 g/mol. The summed E-state index contributed by atoms with van der Waals surface area (Å²) in [7, 11) is 0. The van der Waals surface area contributed by atoms with Crippen LogP contribution in [0.2, 0.25) is 0 Å². The van der Waals surface area contributed by atoms with Crippen molar-refractivity contribution < 1.29 is 14.3 Å². The minimum Gasteiger partial charge on any atom is -0.493 e. The van der Waals surface area contributed by atoms with E-state index in [4.69, 9.17) is 9.47 Å². The van der Waals surface area contributed by atoms with Crippen LogP contribution in [0.25, 0.3) is 0 Å². The fraction of sp³-hybridized carbons (Fsp3) is 0.188. The predicted molar refractivity (Wildman–Crippen MR) is 75.9 cm³/mol. The van der Waals surface area contributed by atoms with Gasteiger partial charge in [0.25, 0.3) is 0 Å². The monoisotopic (exact) mass is 269 g/mol. The molecule has 0 saturated heterocycles. The number of hydrogen-bond donors (Lipinski definition) is 1. The minimum absolute atomic E-state index is 0.265. The summed E-state index contributed by atoms with van der Waals surface area (Å²) in [6.45, 7) is 0.970. The summed E-state index contributed by atoms with van der Waals surface area (Å²) in [5.41, 5.74) is 2.81. The molecule has 1 aliphatic heterocycles. The number of rotatable bonds is 3. The van der Waals surface area contributed by atoms with Crippen molar-refractivity contribution in [3.05, 3.63) is 59.7 Å². The van der Waals surface area contributed by atoms with Gasteiger partial charge in [-0.3, -0.25) is 5.32 Å². The molecule has 0 atom stereocenters. The lowest BCUT2D eigenvalue weighted by molar-refractivity contribution is 0.155. The first-order valence-corrected chi connectivity index (χ1v) is 6.55. The Morgan fingerprint density at radius 2 is 2.05 bits per heavy atom. The number of carbonyl (C=O) groups excluding carboxylic acids is 1. The minimum atomic E-state index is -0.451. The van der Waals surface area contributed by atoms with Crippen LogP contribution >= 0.6 is 0 Å². The van der Waals surface area contributed by atoms with Crippen LogP contribution in [0.4, 0.5) is 10.5 Å². The van der Waals surface area contributed by atoms with Crippen molar-refractivity contribution in [2.45, 2.75) is 13.0 Å². The van der Waals surface area contributed by atoms with Gasteiger partial charge in [-0.05, 0) is 29.3 Å². The van der Waals surface area contributed by atoms with E-state index in [0.717, 1.165) is 29.0 Å². The van der Waals surface area contributed by atoms with E-state index in [1.54, 1.807) is 0 Å². The first-order valence-electron chi connectivity index (χ1n) is 6.55. The van der Waals surface area contributed by atoms with E-state index in [0.29, 0.717) is 6.61 Å². The lowest BCUT2D eigenvalue weighted by atomic mass is 10.1. The fourth-order valence-corrected chi connectivity index (χ4v) is 2.14. The second kappa shape index (κ2) is 5.65. The molecular formula is C16H15NO3. The lowest BCUT2D eigenvalue weighted by Crippen LogP contribution is -2.13. The Morgan fingerprint density at radius 1 is 1.20 bits per heavy atom. The third kappa shape index (κ3) is 2.91. The molecule has 0 aliphatic carbocycles. The van der Waals surface area contributed by atoms with Crippen LogP contribution in [-0.2, 0) is 17.8 Å². The first kappa shape index (κ1) is 12.5. The molecule has 4 heteroatoms. The highest BCUT2D eigenvalue weighted by Crippen LogP contribution is 2.27. The summed E-state index contributed by atoms with van der Waals surface area (Å²) in [6, 6.07) is 15.2. The smallest absolute Gasteiger partial charge is 0.411 e. The van der Waals surface area contributed by atoms with Gasteiger partial charge in [-0.1, -0.05) is 30.3 Å². The standard InChI is InChI=1S/C16H15NO3/c18-16(20-11-12-4-2-1-3-5-12)17-14-6-7-15-13(10-14)8-9-19-15/h1-7,10H,8-9,11H2,(H,17,18). The zero-order chi connectivity index (χ0) is 13.8. The van der Waals surface area contributed by atoms with Crippen LogP contribution in [0.15, 0.2) is 48.5 Å².